The molecule has 0 radical (unpaired) electrons. The Bertz CT molecular complexity index is 539. The molecule has 1 atom stereocenters. The molecule has 7 heteroatoms. The number of carboxylic acids is 1. The Morgan fingerprint density at radius 1 is 1.38 bits per heavy atom. The number of carboxylic acid groups (broad SMARTS) is 1. The lowest BCUT2D eigenvalue weighted by Gasteiger charge is -2.24. The predicted octanol–water partition coefficient (Wildman–Crippen LogP) is 1.12. The molecule has 2 amide bonds. The van der Waals surface area contributed by atoms with Crippen LogP contribution in [0.25, 0.3) is 0 Å². The van der Waals surface area contributed by atoms with Crippen LogP contribution in [-0.2, 0) is 9.53 Å². The Balaban J connectivity index is 2.04. The standard InChI is InChI=1S/C14H19N3O4/c1-17(2)11-5-3-4-10(8-11)15-13(20)16-14(12(18)19)6-7-21-9-14/h3-5,8H,6-7,9H2,1-2H3,(H,18,19)(H2,15,16,20). The van der Waals surface area contributed by atoms with Crippen molar-refractivity contribution in [3.8, 4) is 0 Å². The summed E-state index contributed by atoms with van der Waals surface area (Å²) in [7, 11) is 3.79. The minimum atomic E-state index is -1.34. The molecular formula is C14H19N3O4. The molecule has 0 aromatic heterocycles. The number of rotatable bonds is 4. The zero-order valence-electron chi connectivity index (χ0n) is 12.0. The van der Waals surface area contributed by atoms with E-state index in [1.54, 1.807) is 12.1 Å². The first kappa shape index (κ1) is 15.1. The molecule has 0 bridgehead atoms. The van der Waals surface area contributed by atoms with E-state index in [4.69, 9.17) is 4.74 Å². The normalized spacial score (nSPS) is 20.9. The van der Waals surface area contributed by atoms with Crippen LogP contribution in [0.1, 0.15) is 6.42 Å². The number of carbonyl (C=O) groups is 2. The van der Waals surface area contributed by atoms with Gasteiger partial charge in [-0.25, -0.2) is 9.59 Å². The molecule has 1 aromatic rings. The zero-order valence-corrected chi connectivity index (χ0v) is 12.0. The largest absolute Gasteiger partial charge is 0.479 e. The fourth-order valence-corrected chi connectivity index (χ4v) is 2.13. The van der Waals surface area contributed by atoms with Crippen LogP contribution in [-0.4, -0.2) is 50.0 Å². The van der Waals surface area contributed by atoms with E-state index in [9.17, 15) is 14.7 Å². The molecule has 114 valence electrons. The molecule has 2 rings (SSSR count). The van der Waals surface area contributed by atoms with Gasteiger partial charge in [0.2, 0.25) is 0 Å². The highest BCUT2D eigenvalue weighted by Gasteiger charge is 2.44. The molecule has 1 aromatic carbocycles. The summed E-state index contributed by atoms with van der Waals surface area (Å²) in [6.45, 7) is 0.302. The fraction of sp³-hybridized carbons (Fsp3) is 0.429. The van der Waals surface area contributed by atoms with Crippen LogP contribution in [0.15, 0.2) is 24.3 Å². The van der Waals surface area contributed by atoms with Gasteiger partial charge < -0.3 is 25.4 Å². The van der Waals surface area contributed by atoms with E-state index >= 15 is 0 Å². The molecule has 1 fully saturated rings. The van der Waals surface area contributed by atoms with Gasteiger partial charge in [-0.1, -0.05) is 6.07 Å². The van der Waals surface area contributed by atoms with Crippen molar-refractivity contribution in [2.24, 2.45) is 0 Å². The van der Waals surface area contributed by atoms with Gasteiger partial charge >= 0.3 is 12.0 Å². The van der Waals surface area contributed by atoms with Gasteiger partial charge in [0, 0.05) is 38.5 Å². The maximum atomic E-state index is 12.0. The van der Waals surface area contributed by atoms with E-state index in [0.717, 1.165) is 5.69 Å². The van der Waals surface area contributed by atoms with Crippen LogP contribution in [0, 0.1) is 0 Å². The summed E-state index contributed by atoms with van der Waals surface area (Å²) in [5.74, 6) is -1.09. The van der Waals surface area contributed by atoms with Crippen molar-refractivity contribution in [2.45, 2.75) is 12.0 Å². The summed E-state index contributed by atoms with van der Waals surface area (Å²) in [6.07, 6.45) is 0.257. The van der Waals surface area contributed by atoms with Crippen LogP contribution < -0.4 is 15.5 Å². The van der Waals surface area contributed by atoms with Gasteiger partial charge in [-0.15, -0.1) is 0 Å². The van der Waals surface area contributed by atoms with Crippen LogP contribution in [0.2, 0.25) is 0 Å². The smallest absolute Gasteiger partial charge is 0.332 e. The highest BCUT2D eigenvalue weighted by Crippen LogP contribution is 2.20. The first-order valence-electron chi connectivity index (χ1n) is 6.61. The van der Waals surface area contributed by atoms with Gasteiger partial charge in [0.25, 0.3) is 0 Å². The lowest BCUT2D eigenvalue weighted by Crippen LogP contribution is -2.56. The minimum absolute atomic E-state index is 0.0203. The minimum Gasteiger partial charge on any atom is -0.479 e. The number of aliphatic carboxylic acids is 1. The van der Waals surface area contributed by atoms with Crippen molar-refractivity contribution < 1.29 is 19.4 Å². The van der Waals surface area contributed by atoms with E-state index < -0.39 is 17.5 Å². The molecule has 3 N–H and O–H groups in total. The van der Waals surface area contributed by atoms with Gasteiger partial charge in [0.1, 0.15) is 0 Å². The van der Waals surface area contributed by atoms with Gasteiger partial charge in [0.05, 0.1) is 6.61 Å². The number of urea groups is 1. The second-order valence-corrected chi connectivity index (χ2v) is 5.21. The Labute approximate surface area is 122 Å². The van der Waals surface area contributed by atoms with Crippen LogP contribution in [0.4, 0.5) is 16.2 Å². The molecule has 1 saturated heterocycles. The fourth-order valence-electron chi connectivity index (χ4n) is 2.13. The number of benzene rings is 1. The Hall–Kier alpha value is -2.28. The van der Waals surface area contributed by atoms with Crippen molar-refractivity contribution >= 4 is 23.4 Å². The van der Waals surface area contributed by atoms with Gasteiger partial charge in [0.15, 0.2) is 5.54 Å². The van der Waals surface area contributed by atoms with Crippen molar-refractivity contribution in [2.75, 3.05) is 37.5 Å². The molecule has 1 unspecified atom stereocenters. The third-order valence-electron chi connectivity index (χ3n) is 3.40. The molecule has 0 saturated carbocycles. The van der Waals surface area contributed by atoms with Gasteiger partial charge in [-0.05, 0) is 18.2 Å². The second kappa shape index (κ2) is 6.01. The quantitative estimate of drug-likeness (QED) is 0.774. The summed E-state index contributed by atoms with van der Waals surface area (Å²) in [5, 5.41) is 14.4. The lowest BCUT2D eigenvalue weighted by molar-refractivity contribution is -0.144. The van der Waals surface area contributed by atoms with E-state index in [2.05, 4.69) is 10.6 Å². The summed E-state index contributed by atoms with van der Waals surface area (Å²) >= 11 is 0. The average Bonchev–Trinajstić information content (AvgIpc) is 2.88. The van der Waals surface area contributed by atoms with Crippen LogP contribution >= 0.6 is 0 Å². The van der Waals surface area contributed by atoms with Gasteiger partial charge in [-0.3, -0.25) is 0 Å². The molecule has 1 aliphatic rings. The molecule has 0 spiro atoms. The highest BCUT2D eigenvalue weighted by atomic mass is 16.5. The average molecular weight is 293 g/mol. The van der Waals surface area contributed by atoms with Gasteiger partial charge in [-0.2, -0.15) is 0 Å². The first-order chi connectivity index (χ1) is 9.93. The van der Waals surface area contributed by atoms with E-state index in [-0.39, 0.29) is 13.0 Å². The maximum Gasteiger partial charge on any atom is 0.332 e. The van der Waals surface area contributed by atoms with Crippen LogP contribution in [0.5, 0.6) is 0 Å². The SMILES string of the molecule is CN(C)c1cccc(NC(=O)NC2(C(=O)O)CCOC2)c1. The number of hydrogen-bond donors (Lipinski definition) is 3. The molecule has 7 nitrogen and oxygen atoms in total. The highest BCUT2D eigenvalue weighted by molar-refractivity contribution is 5.94. The molecule has 0 aliphatic carbocycles. The summed E-state index contributed by atoms with van der Waals surface area (Å²) in [4.78, 5) is 25.2. The lowest BCUT2D eigenvalue weighted by atomic mass is 9.99. The van der Waals surface area contributed by atoms with Crippen molar-refractivity contribution in [1.29, 1.82) is 0 Å². The Morgan fingerprint density at radius 3 is 2.71 bits per heavy atom. The number of carbonyl (C=O) groups excluding carboxylic acids is 1. The van der Waals surface area contributed by atoms with Crippen molar-refractivity contribution in [1.82, 2.24) is 5.32 Å². The van der Waals surface area contributed by atoms with Crippen molar-refractivity contribution in [3.05, 3.63) is 24.3 Å². The number of nitrogens with one attached hydrogen (secondary N) is 2. The number of hydrogen-bond acceptors (Lipinski definition) is 4. The third kappa shape index (κ3) is 3.43. The van der Waals surface area contributed by atoms with E-state index in [1.807, 2.05) is 31.1 Å². The topological polar surface area (TPSA) is 90.9 Å². The molecule has 1 aliphatic heterocycles. The second-order valence-electron chi connectivity index (χ2n) is 5.21. The maximum absolute atomic E-state index is 12.0. The molecular weight excluding hydrogens is 274 g/mol. The summed E-state index contributed by atoms with van der Waals surface area (Å²) < 4.78 is 5.09. The number of amides is 2. The number of anilines is 2. The summed E-state index contributed by atoms with van der Waals surface area (Å²) in [6, 6.07) is 6.71. The third-order valence-corrected chi connectivity index (χ3v) is 3.40. The first-order valence-corrected chi connectivity index (χ1v) is 6.61. The zero-order chi connectivity index (χ0) is 15.5. The van der Waals surface area contributed by atoms with Crippen LogP contribution in [0.3, 0.4) is 0 Å². The number of ether oxygens (including phenoxy) is 1. The van der Waals surface area contributed by atoms with E-state index in [1.165, 1.54) is 0 Å². The Morgan fingerprint density at radius 2 is 2.14 bits per heavy atom. The molecule has 1 heterocycles. The summed E-state index contributed by atoms with van der Waals surface area (Å²) in [5.41, 5.74) is 0.187. The number of nitrogens with zero attached hydrogens (tertiary/aromatic N) is 1. The van der Waals surface area contributed by atoms with E-state index in [0.29, 0.717) is 12.3 Å². The molecule has 21 heavy (non-hydrogen) atoms. The van der Waals surface area contributed by atoms with Crippen molar-refractivity contribution in [3.63, 3.8) is 0 Å². The predicted molar refractivity (Wildman–Crippen MR) is 78.7 cm³/mol. The Kier molecular flexibility index (Phi) is 4.32. The monoisotopic (exact) mass is 293 g/mol.